The molecule has 33 heavy (non-hydrogen) atoms. The van der Waals surface area contributed by atoms with E-state index in [2.05, 4.69) is 10.2 Å². The summed E-state index contributed by atoms with van der Waals surface area (Å²) in [4.78, 5) is 32.6. The monoisotopic (exact) mass is 471 g/mol. The molecule has 178 valence electrons. The van der Waals surface area contributed by atoms with Gasteiger partial charge in [-0.3, -0.25) is 4.79 Å². The van der Waals surface area contributed by atoms with Crippen LogP contribution >= 0.6 is 11.8 Å². The van der Waals surface area contributed by atoms with Gasteiger partial charge in [-0.2, -0.15) is 0 Å². The van der Waals surface area contributed by atoms with Crippen molar-refractivity contribution in [1.82, 2.24) is 4.90 Å². The number of nitrogens with zero attached hydrogens (tertiary/aromatic N) is 2. The van der Waals surface area contributed by atoms with Gasteiger partial charge in [0.15, 0.2) is 5.17 Å². The van der Waals surface area contributed by atoms with Gasteiger partial charge in [-0.1, -0.05) is 43.2 Å². The lowest BCUT2D eigenvalue weighted by Crippen LogP contribution is -2.42. The lowest BCUT2D eigenvalue weighted by atomic mass is 9.88. The molecule has 7 nitrogen and oxygen atoms in total. The fourth-order valence-corrected chi connectivity index (χ4v) is 5.75. The van der Waals surface area contributed by atoms with Gasteiger partial charge in [0.2, 0.25) is 5.91 Å². The summed E-state index contributed by atoms with van der Waals surface area (Å²) in [5, 5.41) is 4.03. The number of esters is 1. The third-order valence-corrected chi connectivity index (χ3v) is 7.55. The zero-order valence-corrected chi connectivity index (χ0v) is 20.3. The van der Waals surface area contributed by atoms with Crippen LogP contribution in [0, 0.1) is 5.92 Å². The van der Waals surface area contributed by atoms with E-state index in [0.717, 1.165) is 60.8 Å². The minimum Gasteiger partial charge on any atom is -0.460 e. The van der Waals surface area contributed by atoms with Crippen LogP contribution in [-0.2, 0) is 19.1 Å². The molecule has 8 heteroatoms. The van der Waals surface area contributed by atoms with Crippen molar-refractivity contribution < 1.29 is 19.1 Å². The molecule has 2 aliphatic heterocycles. The van der Waals surface area contributed by atoms with Gasteiger partial charge in [-0.15, -0.1) is 0 Å². The molecule has 2 heterocycles. The molecule has 3 aliphatic rings. The number of carbonyl (C=O) groups is 2. The van der Waals surface area contributed by atoms with E-state index >= 15 is 0 Å². The van der Waals surface area contributed by atoms with Crippen molar-refractivity contribution in [3.8, 4) is 0 Å². The topological polar surface area (TPSA) is 80.2 Å². The summed E-state index contributed by atoms with van der Waals surface area (Å²) in [5.41, 5.74) is 3.03. The number of benzene rings is 1. The van der Waals surface area contributed by atoms with Gasteiger partial charge in [-0.25, -0.2) is 9.79 Å². The van der Waals surface area contributed by atoms with Crippen molar-refractivity contribution in [2.24, 2.45) is 10.9 Å². The first-order valence-electron chi connectivity index (χ1n) is 11.8. The number of hydrogen-bond donors (Lipinski definition) is 1. The Morgan fingerprint density at radius 1 is 1.12 bits per heavy atom. The summed E-state index contributed by atoms with van der Waals surface area (Å²) in [6.07, 6.45) is 6.46. The maximum atomic E-state index is 13.0. The summed E-state index contributed by atoms with van der Waals surface area (Å²) in [5.74, 6) is 0.887. The Bertz CT molecular complexity index is 922. The fourth-order valence-electron chi connectivity index (χ4n) is 4.73. The first kappa shape index (κ1) is 23.8. The number of amides is 1. The Labute approximate surface area is 200 Å². The molecule has 0 bridgehead atoms. The summed E-state index contributed by atoms with van der Waals surface area (Å²) in [6.45, 7) is 3.26. The number of hydrogen-bond acceptors (Lipinski definition) is 7. The fraction of sp³-hybridized carbons (Fsp3) is 0.560. The SMILES string of the molecule is COCCOC(=O)C1=C(C)N=C2SCCCN2C1c1ccc(NC(=O)C2CCCCC2)cc1. The van der Waals surface area contributed by atoms with Gasteiger partial charge < -0.3 is 19.7 Å². The highest BCUT2D eigenvalue weighted by atomic mass is 32.2. The first-order valence-corrected chi connectivity index (χ1v) is 12.8. The Morgan fingerprint density at radius 2 is 1.88 bits per heavy atom. The van der Waals surface area contributed by atoms with Gasteiger partial charge >= 0.3 is 5.97 Å². The minimum atomic E-state index is -0.359. The van der Waals surface area contributed by atoms with Crippen molar-refractivity contribution in [2.45, 2.75) is 51.5 Å². The predicted octanol–water partition coefficient (Wildman–Crippen LogP) is 4.52. The van der Waals surface area contributed by atoms with Crippen molar-refractivity contribution >= 4 is 34.5 Å². The van der Waals surface area contributed by atoms with Crippen LogP contribution in [0.1, 0.15) is 57.1 Å². The molecule has 1 aliphatic carbocycles. The molecule has 1 N–H and O–H groups in total. The van der Waals surface area contributed by atoms with Gasteiger partial charge in [0.25, 0.3) is 0 Å². The summed E-state index contributed by atoms with van der Waals surface area (Å²) >= 11 is 1.72. The van der Waals surface area contributed by atoms with Gasteiger partial charge in [0.05, 0.1) is 23.9 Å². The van der Waals surface area contributed by atoms with Gasteiger partial charge in [0.1, 0.15) is 6.61 Å². The average molecular weight is 472 g/mol. The number of ether oxygens (including phenoxy) is 2. The van der Waals surface area contributed by atoms with Crippen LogP contribution in [0.25, 0.3) is 0 Å². The highest BCUT2D eigenvalue weighted by molar-refractivity contribution is 8.13. The number of fused-ring (bicyclic) bond motifs is 1. The average Bonchev–Trinajstić information content (AvgIpc) is 2.84. The molecule has 1 unspecified atom stereocenters. The predicted molar refractivity (Wildman–Crippen MR) is 131 cm³/mol. The van der Waals surface area contributed by atoms with E-state index in [-0.39, 0.29) is 30.4 Å². The molecule has 2 fully saturated rings. The van der Waals surface area contributed by atoms with E-state index < -0.39 is 0 Å². The van der Waals surface area contributed by atoms with Crippen LogP contribution < -0.4 is 5.32 Å². The number of anilines is 1. The molecule has 4 rings (SSSR count). The van der Waals surface area contributed by atoms with Crippen LogP contribution in [0.4, 0.5) is 5.69 Å². The molecule has 1 aromatic carbocycles. The van der Waals surface area contributed by atoms with Crippen LogP contribution in [0.5, 0.6) is 0 Å². The summed E-state index contributed by atoms with van der Waals surface area (Å²) < 4.78 is 10.5. The van der Waals surface area contributed by atoms with Crippen molar-refractivity contribution in [1.29, 1.82) is 0 Å². The molecule has 0 radical (unpaired) electrons. The molecule has 1 saturated carbocycles. The van der Waals surface area contributed by atoms with Gasteiger partial charge in [0, 0.05) is 31.0 Å². The molecule has 1 aromatic rings. The maximum absolute atomic E-state index is 13.0. The van der Waals surface area contributed by atoms with E-state index in [0.29, 0.717) is 17.9 Å². The molecule has 1 saturated heterocycles. The van der Waals surface area contributed by atoms with Crippen LogP contribution in [-0.4, -0.2) is 54.6 Å². The second-order valence-electron chi connectivity index (χ2n) is 8.77. The minimum absolute atomic E-state index is 0.111. The zero-order valence-electron chi connectivity index (χ0n) is 19.5. The van der Waals surface area contributed by atoms with Crippen LogP contribution in [0.2, 0.25) is 0 Å². The Kier molecular flexibility index (Phi) is 8.09. The second-order valence-corrected chi connectivity index (χ2v) is 9.83. The van der Waals surface area contributed by atoms with Crippen molar-refractivity contribution in [3.05, 3.63) is 41.1 Å². The lowest BCUT2D eigenvalue weighted by Gasteiger charge is -2.40. The Balaban J connectivity index is 1.55. The van der Waals surface area contributed by atoms with Crippen LogP contribution in [0.15, 0.2) is 40.5 Å². The molecular weight excluding hydrogens is 438 g/mol. The van der Waals surface area contributed by atoms with Crippen molar-refractivity contribution in [3.63, 3.8) is 0 Å². The smallest absolute Gasteiger partial charge is 0.338 e. The number of carbonyl (C=O) groups excluding carboxylic acids is 2. The molecule has 0 spiro atoms. The number of allylic oxidation sites excluding steroid dienone is 1. The summed E-state index contributed by atoms with van der Waals surface area (Å²) in [6, 6.07) is 7.60. The second kappa shape index (κ2) is 11.2. The number of methoxy groups -OCH3 is 1. The van der Waals surface area contributed by atoms with E-state index in [1.165, 1.54) is 6.42 Å². The van der Waals surface area contributed by atoms with Crippen LogP contribution in [0.3, 0.4) is 0 Å². The van der Waals surface area contributed by atoms with E-state index in [1.807, 2.05) is 31.2 Å². The number of amidine groups is 1. The normalized spacial score (nSPS) is 21.3. The highest BCUT2D eigenvalue weighted by Crippen LogP contribution is 2.40. The maximum Gasteiger partial charge on any atom is 0.338 e. The molecule has 1 amide bonds. The quantitative estimate of drug-likeness (QED) is 0.465. The number of aliphatic imine (C=N–C) groups is 1. The standard InChI is InChI=1S/C25H33N3O4S/c1-17-21(24(30)32-15-14-31-2)22(28-13-6-16-33-25(28)26-17)18-9-11-20(12-10-18)27-23(29)19-7-4-3-5-8-19/h9-12,19,22H,3-8,13-16H2,1-2H3,(H,27,29). The molecule has 1 atom stereocenters. The Morgan fingerprint density at radius 3 is 2.61 bits per heavy atom. The third-order valence-electron chi connectivity index (χ3n) is 6.47. The van der Waals surface area contributed by atoms with E-state index in [9.17, 15) is 9.59 Å². The highest BCUT2D eigenvalue weighted by Gasteiger charge is 2.38. The molecular formula is C25H33N3O4S. The third kappa shape index (κ3) is 5.61. The first-order chi connectivity index (χ1) is 16.1. The Hall–Kier alpha value is -2.32. The van der Waals surface area contributed by atoms with Crippen molar-refractivity contribution in [2.75, 3.05) is 37.9 Å². The van der Waals surface area contributed by atoms with E-state index in [1.54, 1.807) is 18.9 Å². The lowest BCUT2D eigenvalue weighted by molar-refractivity contribution is -0.141. The van der Waals surface area contributed by atoms with E-state index in [4.69, 9.17) is 14.5 Å². The van der Waals surface area contributed by atoms with Gasteiger partial charge in [-0.05, 0) is 43.9 Å². The zero-order chi connectivity index (χ0) is 23.2. The number of rotatable bonds is 7. The summed E-state index contributed by atoms with van der Waals surface area (Å²) in [7, 11) is 1.58. The molecule has 0 aromatic heterocycles. The largest absolute Gasteiger partial charge is 0.460 e. The number of thioether (sulfide) groups is 1. The number of nitrogens with one attached hydrogen (secondary N) is 1.